The number of hydrazone groups is 1. The van der Waals surface area contributed by atoms with Gasteiger partial charge in [-0.3, -0.25) is 9.97 Å². The smallest absolute Gasteiger partial charge is 0.177 e. The van der Waals surface area contributed by atoms with Crippen LogP contribution >= 0.6 is 0 Å². The molecule has 136 valence electrons. The van der Waals surface area contributed by atoms with Crippen LogP contribution in [0.25, 0.3) is 11.7 Å². The molecule has 27 heavy (non-hydrogen) atoms. The van der Waals surface area contributed by atoms with E-state index in [1.54, 1.807) is 0 Å². The molecule has 0 saturated heterocycles. The van der Waals surface area contributed by atoms with E-state index in [0.717, 1.165) is 52.9 Å². The Morgan fingerprint density at radius 3 is 2.89 bits per heavy atom. The summed E-state index contributed by atoms with van der Waals surface area (Å²) in [5.41, 5.74) is 4.69. The van der Waals surface area contributed by atoms with E-state index in [0.29, 0.717) is 0 Å². The van der Waals surface area contributed by atoms with Crippen molar-refractivity contribution in [2.45, 2.75) is 32.9 Å². The van der Waals surface area contributed by atoms with Crippen molar-refractivity contribution >= 4 is 23.2 Å². The first-order valence-electron chi connectivity index (χ1n) is 9.02. The van der Waals surface area contributed by atoms with Crippen molar-refractivity contribution in [1.29, 1.82) is 0 Å². The minimum atomic E-state index is 0.0967. The first kappa shape index (κ1) is 15.9. The van der Waals surface area contributed by atoms with Gasteiger partial charge in [-0.2, -0.15) is 10.2 Å². The molecule has 0 spiro atoms. The number of pyridine rings is 1. The van der Waals surface area contributed by atoms with Gasteiger partial charge in [0.2, 0.25) is 0 Å². The van der Waals surface area contributed by atoms with Crippen LogP contribution < -0.4 is 5.01 Å². The fraction of sp³-hybridized carbons (Fsp3) is 0.316. The maximum absolute atomic E-state index is 4.85. The molecule has 3 aromatic rings. The van der Waals surface area contributed by atoms with Crippen molar-refractivity contribution in [3.8, 4) is 0 Å². The van der Waals surface area contributed by atoms with E-state index in [-0.39, 0.29) is 6.17 Å². The van der Waals surface area contributed by atoms with Crippen molar-refractivity contribution in [2.75, 3.05) is 12.1 Å². The topological polar surface area (TPSA) is 74.8 Å². The zero-order valence-electron chi connectivity index (χ0n) is 15.5. The van der Waals surface area contributed by atoms with Crippen LogP contribution in [0.3, 0.4) is 0 Å². The molecule has 0 amide bonds. The second-order valence-electron chi connectivity index (χ2n) is 6.90. The molecule has 2 aliphatic rings. The Balaban J connectivity index is 1.40. The van der Waals surface area contributed by atoms with Gasteiger partial charge in [-0.05, 0) is 38.1 Å². The molecule has 0 saturated carbocycles. The van der Waals surface area contributed by atoms with Gasteiger partial charge < -0.3 is 4.90 Å². The van der Waals surface area contributed by atoms with Gasteiger partial charge in [0.25, 0.3) is 0 Å². The molecule has 3 aromatic heterocycles. The molecule has 0 fully saturated rings. The number of rotatable bonds is 3. The second kappa shape index (κ2) is 5.87. The highest BCUT2D eigenvalue weighted by Gasteiger charge is 2.33. The summed E-state index contributed by atoms with van der Waals surface area (Å²) in [4.78, 5) is 15.6. The fourth-order valence-corrected chi connectivity index (χ4v) is 3.58. The lowest BCUT2D eigenvalue weighted by Gasteiger charge is -2.29. The number of aromatic nitrogens is 5. The van der Waals surface area contributed by atoms with Crippen molar-refractivity contribution in [3.63, 3.8) is 0 Å². The molecule has 1 atom stereocenters. The van der Waals surface area contributed by atoms with Gasteiger partial charge in [0.1, 0.15) is 12.0 Å². The van der Waals surface area contributed by atoms with Gasteiger partial charge in [0.05, 0.1) is 22.8 Å². The molecular weight excluding hydrogens is 340 g/mol. The number of hydrogen-bond donors (Lipinski definition) is 0. The Labute approximate surface area is 156 Å². The predicted octanol–water partition coefficient (Wildman–Crippen LogP) is 2.19. The van der Waals surface area contributed by atoms with E-state index in [2.05, 4.69) is 50.2 Å². The summed E-state index contributed by atoms with van der Waals surface area (Å²) < 4.78 is 1.87. The number of hydrogen-bond acceptors (Lipinski definition) is 7. The number of fused-ring (bicyclic) bond motifs is 4. The monoisotopic (exact) mass is 360 g/mol. The standard InChI is InChI=1S/C19H20N8/c1-12-11-21-13(2)19-22-16(23-26(12)19)7-8-17-24-27-15-5-4-10-20-14(15)6-9-18(27)25(17)3/h4-6,9-11,18H,7-8H2,1-3H3. The summed E-state index contributed by atoms with van der Waals surface area (Å²) in [6.45, 7) is 3.94. The quantitative estimate of drug-likeness (QED) is 0.713. The van der Waals surface area contributed by atoms with Crippen molar-refractivity contribution in [2.24, 2.45) is 5.10 Å². The lowest BCUT2D eigenvalue weighted by molar-refractivity contribution is 0.442. The zero-order chi connectivity index (χ0) is 18.5. The highest BCUT2D eigenvalue weighted by atomic mass is 15.6. The largest absolute Gasteiger partial charge is 0.336 e. The van der Waals surface area contributed by atoms with Crippen LogP contribution in [0.5, 0.6) is 0 Å². The number of aryl methyl sites for hydroxylation is 3. The number of likely N-dealkylation sites (N-methyl/N-ethyl adjacent to an activating group) is 1. The van der Waals surface area contributed by atoms with E-state index < -0.39 is 0 Å². The van der Waals surface area contributed by atoms with Gasteiger partial charge in [-0.25, -0.2) is 14.5 Å². The second-order valence-corrected chi connectivity index (χ2v) is 6.90. The molecule has 8 heteroatoms. The Morgan fingerprint density at radius 2 is 2.04 bits per heavy atom. The normalized spacial score (nSPS) is 18.0. The third-order valence-electron chi connectivity index (χ3n) is 5.09. The van der Waals surface area contributed by atoms with Gasteiger partial charge >= 0.3 is 0 Å². The van der Waals surface area contributed by atoms with E-state index >= 15 is 0 Å². The average molecular weight is 360 g/mol. The molecule has 5 heterocycles. The Bertz CT molecular complexity index is 1060. The lowest BCUT2D eigenvalue weighted by Crippen LogP contribution is -2.39. The molecular formula is C19H20N8. The summed E-state index contributed by atoms with van der Waals surface area (Å²) in [5, 5.41) is 11.5. The zero-order valence-corrected chi connectivity index (χ0v) is 15.5. The molecule has 0 bridgehead atoms. The van der Waals surface area contributed by atoms with Crippen LogP contribution in [0.2, 0.25) is 0 Å². The van der Waals surface area contributed by atoms with Crippen LogP contribution in [0.4, 0.5) is 5.69 Å². The first-order chi connectivity index (χ1) is 13.1. The Hall–Kier alpha value is -3.29. The predicted molar refractivity (Wildman–Crippen MR) is 103 cm³/mol. The maximum Gasteiger partial charge on any atom is 0.177 e. The molecule has 5 rings (SSSR count). The van der Waals surface area contributed by atoms with Crippen LogP contribution in [0, 0.1) is 13.8 Å². The number of nitrogens with zero attached hydrogens (tertiary/aromatic N) is 8. The van der Waals surface area contributed by atoms with Gasteiger partial charge in [-0.15, -0.1) is 0 Å². The number of anilines is 1. The number of amidine groups is 1. The van der Waals surface area contributed by atoms with Crippen LogP contribution in [-0.4, -0.2) is 48.5 Å². The summed E-state index contributed by atoms with van der Waals surface area (Å²) in [6, 6.07) is 4.00. The third kappa shape index (κ3) is 2.48. The minimum Gasteiger partial charge on any atom is -0.336 e. The Morgan fingerprint density at radius 1 is 1.15 bits per heavy atom. The summed E-state index contributed by atoms with van der Waals surface area (Å²) >= 11 is 0. The molecule has 1 unspecified atom stereocenters. The van der Waals surface area contributed by atoms with Crippen molar-refractivity contribution in [3.05, 3.63) is 53.5 Å². The molecule has 8 nitrogen and oxygen atoms in total. The molecule has 0 aliphatic carbocycles. The van der Waals surface area contributed by atoms with Crippen LogP contribution in [-0.2, 0) is 6.42 Å². The Kier molecular flexibility index (Phi) is 3.46. The molecule has 0 radical (unpaired) electrons. The van der Waals surface area contributed by atoms with Crippen LogP contribution in [0.15, 0.2) is 35.7 Å². The fourth-order valence-electron chi connectivity index (χ4n) is 3.58. The van der Waals surface area contributed by atoms with Gasteiger partial charge in [-0.1, -0.05) is 0 Å². The lowest BCUT2D eigenvalue weighted by atomic mass is 10.1. The van der Waals surface area contributed by atoms with Gasteiger partial charge in [0, 0.05) is 32.3 Å². The summed E-state index contributed by atoms with van der Waals surface area (Å²) in [6.07, 6.45) is 9.43. The molecule has 2 aliphatic heterocycles. The van der Waals surface area contributed by atoms with E-state index in [1.165, 1.54) is 0 Å². The first-order valence-corrected chi connectivity index (χ1v) is 9.02. The maximum atomic E-state index is 4.85. The minimum absolute atomic E-state index is 0.0967. The van der Waals surface area contributed by atoms with Crippen molar-refractivity contribution < 1.29 is 0 Å². The molecule has 0 aromatic carbocycles. The van der Waals surface area contributed by atoms with E-state index in [4.69, 9.17) is 5.10 Å². The van der Waals surface area contributed by atoms with E-state index in [9.17, 15) is 0 Å². The van der Waals surface area contributed by atoms with Gasteiger partial charge in [0.15, 0.2) is 11.5 Å². The average Bonchev–Trinajstić information content (AvgIpc) is 3.26. The summed E-state index contributed by atoms with van der Waals surface area (Å²) in [5.74, 6) is 1.83. The van der Waals surface area contributed by atoms with Crippen molar-refractivity contribution in [1.82, 2.24) is 29.5 Å². The highest BCUT2D eigenvalue weighted by molar-refractivity contribution is 5.88. The molecule has 0 N–H and O–H groups in total. The summed E-state index contributed by atoms with van der Waals surface area (Å²) in [7, 11) is 2.07. The SMILES string of the molecule is Cc1ncc(C)n2nc(CCC3=NN4c5cccnc5C=CC4N3C)nc12. The highest BCUT2D eigenvalue weighted by Crippen LogP contribution is 2.32. The third-order valence-corrected chi connectivity index (χ3v) is 5.09. The van der Waals surface area contributed by atoms with E-state index in [1.807, 2.05) is 41.8 Å². The van der Waals surface area contributed by atoms with Crippen LogP contribution in [0.1, 0.15) is 29.3 Å².